The third-order valence-corrected chi connectivity index (χ3v) is 3.37. The van der Waals surface area contributed by atoms with Crippen LogP contribution in [0.5, 0.6) is 0 Å². The number of ketones is 1. The van der Waals surface area contributed by atoms with Crippen LogP contribution in [-0.4, -0.2) is 10.1 Å². The Bertz CT molecular complexity index is 255. The molecule has 0 aromatic heterocycles. The monoisotopic (exact) mass is 220 g/mol. The largest absolute Gasteiger partial charge is 0.296 e. The van der Waals surface area contributed by atoms with Crippen LogP contribution in [0.4, 0.5) is 0 Å². The molecular formula is C10H14Cl2O. The van der Waals surface area contributed by atoms with Crippen molar-refractivity contribution in [3.05, 3.63) is 11.6 Å². The summed E-state index contributed by atoms with van der Waals surface area (Å²) >= 11 is 11.8. The second-order valence-electron chi connectivity index (χ2n) is 4.40. The van der Waals surface area contributed by atoms with E-state index in [1.807, 2.05) is 33.8 Å². The van der Waals surface area contributed by atoms with E-state index in [0.717, 1.165) is 5.57 Å². The topological polar surface area (TPSA) is 17.1 Å². The highest BCUT2D eigenvalue weighted by Gasteiger charge is 2.64. The maximum Gasteiger partial charge on any atom is 0.183 e. The third kappa shape index (κ3) is 1.53. The van der Waals surface area contributed by atoms with Crippen molar-refractivity contribution in [2.75, 3.05) is 0 Å². The van der Waals surface area contributed by atoms with Gasteiger partial charge in [-0.2, -0.15) is 0 Å². The number of alkyl halides is 2. The summed E-state index contributed by atoms with van der Waals surface area (Å²) in [4.78, 5) is 11.5. The highest BCUT2D eigenvalue weighted by Crippen LogP contribution is 2.57. The fourth-order valence-electron chi connectivity index (χ4n) is 1.73. The molecule has 0 N–H and O–H groups in total. The Kier molecular flexibility index (Phi) is 2.55. The Morgan fingerprint density at radius 3 is 2.15 bits per heavy atom. The van der Waals surface area contributed by atoms with Gasteiger partial charge in [-0.05, 0) is 13.8 Å². The minimum atomic E-state index is -1.21. The predicted octanol–water partition coefficient (Wildman–Crippen LogP) is 3.35. The predicted molar refractivity (Wildman–Crippen MR) is 56.1 cm³/mol. The van der Waals surface area contributed by atoms with E-state index in [4.69, 9.17) is 23.2 Å². The Hall–Kier alpha value is -0.0100. The third-order valence-electron chi connectivity index (χ3n) is 2.56. The Morgan fingerprint density at radius 1 is 1.38 bits per heavy atom. The molecule has 3 heteroatoms. The molecule has 1 aliphatic rings. The lowest BCUT2D eigenvalue weighted by Crippen LogP contribution is -2.61. The number of carbonyl (C=O) groups excluding carboxylic acids is 1. The molecule has 0 spiro atoms. The first kappa shape index (κ1) is 11.1. The van der Waals surface area contributed by atoms with Crippen molar-refractivity contribution in [3.8, 4) is 0 Å². The van der Waals surface area contributed by atoms with Crippen LogP contribution in [0.15, 0.2) is 11.6 Å². The van der Waals surface area contributed by atoms with Gasteiger partial charge in [0.25, 0.3) is 0 Å². The number of halogens is 2. The van der Waals surface area contributed by atoms with Gasteiger partial charge in [-0.1, -0.05) is 48.7 Å². The number of allylic oxidation sites excluding steroid dienone is 2. The van der Waals surface area contributed by atoms with Crippen molar-refractivity contribution in [2.45, 2.75) is 32.0 Å². The molecule has 0 aliphatic heterocycles. The minimum absolute atomic E-state index is 0.0687. The van der Waals surface area contributed by atoms with E-state index in [2.05, 4.69) is 0 Å². The molecule has 0 saturated heterocycles. The van der Waals surface area contributed by atoms with E-state index in [9.17, 15) is 4.79 Å². The summed E-state index contributed by atoms with van der Waals surface area (Å²) < 4.78 is -1.21. The van der Waals surface area contributed by atoms with Crippen LogP contribution in [0.2, 0.25) is 0 Å². The molecule has 74 valence electrons. The lowest BCUT2D eigenvalue weighted by atomic mass is 9.60. The number of rotatable bonds is 1. The van der Waals surface area contributed by atoms with Crippen molar-refractivity contribution in [3.63, 3.8) is 0 Å². The van der Waals surface area contributed by atoms with Crippen LogP contribution in [-0.2, 0) is 4.79 Å². The molecule has 0 aromatic rings. The van der Waals surface area contributed by atoms with Gasteiger partial charge < -0.3 is 0 Å². The molecule has 13 heavy (non-hydrogen) atoms. The van der Waals surface area contributed by atoms with Gasteiger partial charge in [-0.3, -0.25) is 4.79 Å². The van der Waals surface area contributed by atoms with Crippen LogP contribution in [0.1, 0.15) is 27.7 Å². The lowest BCUT2D eigenvalue weighted by molar-refractivity contribution is -0.141. The first-order valence-electron chi connectivity index (χ1n) is 4.28. The number of hydrogen-bond donors (Lipinski definition) is 0. The molecule has 0 radical (unpaired) electrons. The van der Waals surface area contributed by atoms with Gasteiger partial charge >= 0.3 is 0 Å². The van der Waals surface area contributed by atoms with Crippen molar-refractivity contribution in [1.29, 1.82) is 0 Å². The summed E-state index contributed by atoms with van der Waals surface area (Å²) in [7, 11) is 0. The van der Waals surface area contributed by atoms with Gasteiger partial charge in [0.15, 0.2) is 10.1 Å². The Morgan fingerprint density at radius 2 is 1.85 bits per heavy atom. The summed E-state index contributed by atoms with van der Waals surface area (Å²) in [5.41, 5.74) is 0.720. The fraction of sp³-hybridized carbons (Fsp3) is 0.700. The summed E-state index contributed by atoms with van der Waals surface area (Å²) in [6.45, 7) is 7.70. The molecule has 1 saturated carbocycles. The van der Waals surface area contributed by atoms with E-state index in [-0.39, 0.29) is 11.7 Å². The Balaban J connectivity index is 2.98. The van der Waals surface area contributed by atoms with E-state index in [0.29, 0.717) is 0 Å². The van der Waals surface area contributed by atoms with E-state index in [1.165, 1.54) is 0 Å². The molecule has 1 unspecified atom stereocenters. The number of carbonyl (C=O) groups is 1. The van der Waals surface area contributed by atoms with Crippen molar-refractivity contribution >= 4 is 29.0 Å². The minimum Gasteiger partial charge on any atom is -0.296 e. The first-order chi connectivity index (χ1) is 5.70. The van der Waals surface area contributed by atoms with Gasteiger partial charge in [-0.25, -0.2) is 0 Å². The van der Waals surface area contributed by atoms with Crippen molar-refractivity contribution in [2.24, 2.45) is 11.3 Å². The van der Waals surface area contributed by atoms with Crippen LogP contribution in [0, 0.1) is 11.3 Å². The van der Waals surface area contributed by atoms with E-state index >= 15 is 0 Å². The molecule has 0 heterocycles. The zero-order valence-electron chi connectivity index (χ0n) is 8.32. The van der Waals surface area contributed by atoms with Gasteiger partial charge in [0, 0.05) is 11.3 Å². The summed E-state index contributed by atoms with van der Waals surface area (Å²) in [5.74, 6) is -0.147. The zero-order valence-corrected chi connectivity index (χ0v) is 9.83. The average molecular weight is 221 g/mol. The molecule has 1 nitrogen and oxygen atoms in total. The standard InChI is InChI=1S/C10H14Cl2O/c1-6(2)5-7-9(3,4)8(13)10(7,11)12/h5,7H,1-4H3. The van der Waals surface area contributed by atoms with Gasteiger partial charge in [-0.15, -0.1) is 0 Å². The molecule has 1 aliphatic carbocycles. The molecule has 0 amide bonds. The molecule has 1 fully saturated rings. The maximum absolute atomic E-state index is 11.5. The smallest absolute Gasteiger partial charge is 0.183 e. The van der Waals surface area contributed by atoms with E-state index < -0.39 is 9.75 Å². The first-order valence-corrected chi connectivity index (χ1v) is 5.04. The van der Waals surface area contributed by atoms with Gasteiger partial charge in [0.1, 0.15) is 0 Å². The van der Waals surface area contributed by atoms with Crippen LogP contribution in [0.25, 0.3) is 0 Å². The molecular weight excluding hydrogens is 207 g/mol. The quantitative estimate of drug-likeness (QED) is 0.490. The lowest BCUT2D eigenvalue weighted by Gasteiger charge is -2.50. The highest BCUT2D eigenvalue weighted by atomic mass is 35.5. The van der Waals surface area contributed by atoms with Crippen molar-refractivity contribution < 1.29 is 4.79 Å². The highest BCUT2D eigenvalue weighted by molar-refractivity contribution is 6.61. The van der Waals surface area contributed by atoms with Crippen LogP contribution >= 0.6 is 23.2 Å². The van der Waals surface area contributed by atoms with Gasteiger partial charge in [0.05, 0.1) is 0 Å². The summed E-state index contributed by atoms with van der Waals surface area (Å²) in [6, 6.07) is 0. The normalized spacial score (nSPS) is 29.4. The second kappa shape index (κ2) is 2.99. The fourth-order valence-corrected chi connectivity index (χ4v) is 2.89. The summed E-state index contributed by atoms with van der Waals surface area (Å²) in [5, 5.41) is 0. The van der Waals surface area contributed by atoms with Crippen LogP contribution < -0.4 is 0 Å². The van der Waals surface area contributed by atoms with E-state index in [1.54, 1.807) is 0 Å². The summed E-state index contributed by atoms with van der Waals surface area (Å²) in [6.07, 6.45) is 1.97. The molecule has 0 bridgehead atoms. The number of Topliss-reactive ketones (excluding diaryl/α,β-unsaturated/α-hetero) is 1. The second-order valence-corrected chi connectivity index (χ2v) is 5.78. The number of hydrogen-bond acceptors (Lipinski definition) is 1. The Labute approximate surface area is 89.1 Å². The van der Waals surface area contributed by atoms with Crippen molar-refractivity contribution in [1.82, 2.24) is 0 Å². The molecule has 1 rings (SSSR count). The maximum atomic E-state index is 11.5. The van der Waals surface area contributed by atoms with Crippen LogP contribution in [0.3, 0.4) is 0 Å². The van der Waals surface area contributed by atoms with Gasteiger partial charge in [0.2, 0.25) is 0 Å². The molecule has 1 atom stereocenters. The average Bonchev–Trinajstić information content (AvgIpc) is 1.98. The zero-order chi connectivity index (χ0) is 10.4. The molecule has 0 aromatic carbocycles. The SMILES string of the molecule is CC(C)=CC1C(C)(C)C(=O)C1(Cl)Cl.